The summed E-state index contributed by atoms with van der Waals surface area (Å²) in [6.07, 6.45) is 3.21. The zero-order valence-electron chi connectivity index (χ0n) is 8.40. The molecule has 0 aromatic carbocycles. The van der Waals surface area contributed by atoms with Crippen molar-refractivity contribution in [3.63, 3.8) is 0 Å². The lowest BCUT2D eigenvalue weighted by atomic mass is 10.3. The number of aryl methyl sites for hydroxylation is 1. The van der Waals surface area contributed by atoms with E-state index < -0.39 is 0 Å². The Kier molecular flexibility index (Phi) is 3.50. The van der Waals surface area contributed by atoms with Gasteiger partial charge in [-0.15, -0.1) is 0 Å². The third kappa shape index (κ3) is 3.47. The largest absolute Gasteiger partial charge is 0.505 e. The molecule has 2 N–H and O–H groups in total. The summed E-state index contributed by atoms with van der Waals surface area (Å²) in [4.78, 5) is 11.2. The van der Waals surface area contributed by atoms with Crippen LogP contribution in [0.15, 0.2) is 12.4 Å². The van der Waals surface area contributed by atoms with Crippen LogP contribution in [0.1, 0.15) is 20.3 Å². The summed E-state index contributed by atoms with van der Waals surface area (Å²) in [5.74, 6) is 0.115. The predicted octanol–water partition coefficient (Wildman–Crippen LogP) is 0.503. The maximum Gasteiger partial charge on any atom is 0.222 e. The van der Waals surface area contributed by atoms with Crippen LogP contribution in [0, 0.1) is 0 Å². The van der Waals surface area contributed by atoms with Crippen LogP contribution in [0.4, 0.5) is 0 Å². The molecular formula is C9H15N3O2. The maximum absolute atomic E-state index is 11.2. The van der Waals surface area contributed by atoms with Gasteiger partial charge in [0.15, 0.2) is 5.75 Å². The normalized spacial score (nSPS) is 10.5. The van der Waals surface area contributed by atoms with Gasteiger partial charge in [-0.05, 0) is 13.8 Å². The van der Waals surface area contributed by atoms with E-state index in [0.717, 1.165) is 0 Å². The van der Waals surface area contributed by atoms with Gasteiger partial charge in [0.1, 0.15) is 0 Å². The molecular weight excluding hydrogens is 182 g/mol. The van der Waals surface area contributed by atoms with E-state index in [4.69, 9.17) is 5.11 Å². The molecule has 78 valence electrons. The number of aromatic hydroxyl groups is 1. The van der Waals surface area contributed by atoms with Crippen LogP contribution >= 0.6 is 0 Å². The van der Waals surface area contributed by atoms with E-state index in [1.807, 2.05) is 13.8 Å². The molecule has 0 aliphatic rings. The smallest absolute Gasteiger partial charge is 0.222 e. The molecule has 1 rings (SSSR count). The van der Waals surface area contributed by atoms with Crippen LogP contribution in [-0.4, -0.2) is 26.8 Å². The lowest BCUT2D eigenvalue weighted by molar-refractivity contribution is -0.121. The number of aromatic nitrogens is 2. The van der Waals surface area contributed by atoms with E-state index in [2.05, 4.69) is 10.4 Å². The Morgan fingerprint density at radius 3 is 2.93 bits per heavy atom. The summed E-state index contributed by atoms with van der Waals surface area (Å²) in [6.45, 7) is 4.31. The van der Waals surface area contributed by atoms with Crippen molar-refractivity contribution in [2.45, 2.75) is 32.9 Å². The molecule has 0 saturated heterocycles. The Morgan fingerprint density at radius 1 is 1.71 bits per heavy atom. The molecule has 0 bridgehead atoms. The highest BCUT2D eigenvalue weighted by atomic mass is 16.3. The lowest BCUT2D eigenvalue weighted by Gasteiger charge is -2.07. The molecule has 0 saturated carbocycles. The first-order valence-corrected chi connectivity index (χ1v) is 4.58. The number of amides is 1. The third-order valence-electron chi connectivity index (χ3n) is 1.64. The minimum atomic E-state index is -0.00464. The summed E-state index contributed by atoms with van der Waals surface area (Å²) in [5.41, 5.74) is 0. The molecule has 0 spiro atoms. The highest BCUT2D eigenvalue weighted by molar-refractivity contribution is 5.76. The summed E-state index contributed by atoms with van der Waals surface area (Å²) in [6, 6.07) is 0.161. The Hall–Kier alpha value is -1.52. The quantitative estimate of drug-likeness (QED) is 0.738. The zero-order chi connectivity index (χ0) is 10.6. The van der Waals surface area contributed by atoms with Gasteiger partial charge in [-0.2, -0.15) is 5.10 Å². The Bertz CT molecular complexity index is 307. The average Bonchev–Trinajstić information content (AvgIpc) is 2.47. The first-order chi connectivity index (χ1) is 6.58. The van der Waals surface area contributed by atoms with Crippen LogP contribution in [0.5, 0.6) is 5.75 Å². The van der Waals surface area contributed by atoms with Crippen molar-refractivity contribution in [3.8, 4) is 5.75 Å². The van der Waals surface area contributed by atoms with E-state index in [-0.39, 0.29) is 17.7 Å². The van der Waals surface area contributed by atoms with Crippen molar-refractivity contribution in [2.75, 3.05) is 0 Å². The van der Waals surface area contributed by atoms with Gasteiger partial charge in [0.25, 0.3) is 0 Å². The van der Waals surface area contributed by atoms with E-state index in [1.54, 1.807) is 0 Å². The van der Waals surface area contributed by atoms with Crippen molar-refractivity contribution in [1.29, 1.82) is 0 Å². The first kappa shape index (κ1) is 10.6. The first-order valence-electron chi connectivity index (χ1n) is 4.58. The molecule has 14 heavy (non-hydrogen) atoms. The molecule has 1 aromatic rings. The second-order valence-electron chi connectivity index (χ2n) is 3.43. The molecule has 0 aliphatic carbocycles. The fourth-order valence-electron chi connectivity index (χ4n) is 1.09. The van der Waals surface area contributed by atoms with Gasteiger partial charge < -0.3 is 10.4 Å². The number of rotatable bonds is 4. The van der Waals surface area contributed by atoms with Gasteiger partial charge in [-0.25, -0.2) is 0 Å². The number of hydrogen-bond donors (Lipinski definition) is 2. The molecule has 5 nitrogen and oxygen atoms in total. The van der Waals surface area contributed by atoms with Crippen LogP contribution in [-0.2, 0) is 11.3 Å². The van der Waals surface area contributed by atoms with Crippen LogP contribution in [0.3, 0.4) is 0 Å². The summed E-state index contributed by atoms with van der Waals surface area (Å²) >= 11 is 0. The second-order valence-corrected chi connectivity index (χ2v) is 3.43. The van der Waals surface area contributed by atoms with Crippen molar-refractivity contribution < 1.29 is 9.90 Å². The minimum Gasteiger partial charge on any atom is -0.505 e. The van der Waals surface area contributed by atoms with Gasteiger partial charge in [0.2, 0.25) is 5.91 Å². The van der Waals surface area contributed by atoms with Crippen LogP contribution in [0.2, 0.25) is 0 Å². The SMILES string of the molecule is CC(C)NC(=O)CCn1cc(O)cn1. The molecule has 0 atom stereocenters. The van der Waals surface area contributed by atoms with E-state index in [9.17, 15) is 4.79 Å². The van der Waals surface area contributed by atoms with E-state index in [0.29, 0.717) is 13.0 Å². The number of hydrogen-bond acceptors (Lipinski definition) is 3. The lowest BCUT2D eigenvalue weighted by Crippen LogP contribution is -2.30. The maximum atomic E-state index is 11.2. The number of carbonyl (C=O) groups excluding carboxylic acids is 1. The molecule has 0 radical (unpaired) electrons. The van der Waals surface area contributed by atoms with Gasteiger partial charge in [-0.1, -0.05) is 0 Å². The van der Waals surface area contributed by atoms with Crippen molar-refractivity contribution >= 4 is 5.91 Å². The summed E-state index contributed by atoms with van der Waals surface area (Å²) in [5, 5.41) is 15.6. The van der Waals surface area contributed by atoms with Crippen molar-refractivity contribution in [2.24, 2.45) is 0 Å². The third-order valence-corrected chi connectivity index (χ3v) is 1.64. The molecule has 0 unspecified atom stereocenters. The Morgan fingerprint density at radius 2 is 2.43 bits per heavy atom. The fraction of sp³-hybridized carbons (Fsp3) is 0.556. The molecule has 5 heteroatoms. The molecule has 1 heterocycles. The number of nitrogens with zero attached hydrogens (tertiary/aromatic N) is 2. The topological polar surface area (TPSA) is 67.2 Å². The second kappa shape index (κ2) is 4.64. The predicted molar refractivity (Wildman–Crippen MR) is 51.8 cm³/mol. The Labute approximate surface area is 82.7 Å². The molecule has 1 amide bonds. The van der Waals surface area contributed by atoms with Crippen molar-refractivity contribution in [3.05, 3.63) is 12.4 Å². The highest BCUT2D eigenvalue weighted by Crippen LogP contribution is 2.04. The number of nitrogens with one attached hydrogen (secondary N) is 1. The summed E-state index contributed by atoms with van der Waals surface area (Å²) in [7, 11) is 0. The monoisotopic (exact) mass is 197 g/mol. The molecule has 0 fully saturated rings. The highest BCUT2D eigenvalue weighted by Gasteiger charge is 2.03. The van der Waals surface area contributed by atoms with Gasteiger partial charge in [-0.3, -0.25) is 9.48 Å². The average molecular weight is 197 g/mol. The van der Waals surface area contributed by atoms with Crippen molar-refractivity contribution in [1.82, 2.24) is 15.1 Å². The number of carbonyl (C=O) groups is 1. The minimum absolute atomic E-state index is 0.00464. The van der Waals surface area contributed by atoms with Gasteiger partial charge in [0, 0.05) is 19.0 Å². The fourth-order valence-corrected chi connectivity index (χ4v) is 1.09. The summed E-state index contributed by atoms with van der Waals surface area (Å²) < 4.78 is 1.54. The standard InChI is InChI=1S/C9H15N3O2/c1-7(2)11-9(14)3-4-12-6-8(13)5-10-12/h5-7,13H,3-4H2,1-2H3,(H,11,14). The molecule has 0 aliphatic heterocycles. The van der Waals surface area contributed by atoms with Crippen LogP contribution < -0.4 is 5.32 Å². The van der Waals surface area contributed by atoms with Crippen LogP contribution in [0.25, 0.3) is 0 Å². The zero-order valence-corrected chi connectivity index (χ0v) is 8.40. The molecule has 1 aromatic heterocycles. The van der Waals surface area contributed by atoms with E-state index in [1.165, 1.54) is 17.1 Å². The van der Waals surface area contributed by atoms with Gasteiger partial charge >= 0.3 is 0 Å². The van der Waals surface area contributed by atoms with E-state index >= 15 is 0 Å². The Balaban J connectivity index is 2.30. The van der Waals surface area contributed by atoms with Gasteiger partial charge in [0.05, 0.1) is 12.4 Å².